The highest BCUT2D eigenvalue weighted by Gasteiger charge is 2.34. The van der Waals surface area contributed by atoms with Crippen LogP contribution in [-0.4, -0.2) is 33.4 Å². The zero-order valence-corrected chi connectivity index (χ0v) is 23.1. The first-order valence-corrected chi connectivity index (χ1v) is 14.4. The molecule has 35 heavy (non-hydrogen) atoms. The first kappa shape index (κ1) is 28.9. The third kappa shape index (κ3) is 8.38. The van der Waals surface area contributed by atoms with Gasteiger partial charge in [0, 0.05) is 11.6 Å². The van der Waals surface area contributed by atoms with Gasteiger partial charge in [-0.1, -0.05) is 58.3 Å². The highest BCUT2D eigenvalue weighted by molar-refractivity contribution is 7.91. The lowest BCUT2D eigenvalue weighted by Crippen LogP contribution is -2.18. The molecule has 0 aliphatic carbocycles. The highest BCUT2D eigenvalue weighted by Crippen LogP contribution is 2.42. The molecule has 0 N–H and O–H groups in total. The molecule has 0 atom stereocenters. The number of rotatable bonds is 11. The summed E-state index contributed by atoms with van der Waals surface area (Å²) >= 11 is 0. The quantitative estimate of drug-likeness (QED) is 0.142. The van der Waals surface area contributed by atoms with Crippen LogP contribution < -0.4 is 4.74 Å². The van der Waals surface area contributed by atoms with Gasteiger partial charge >= 0.3 is 5.97 Å². The van der Waals surface area contributed by atoms with Crippen molar-refractivity contribution in [2.75, 3.05) is 19.0 Å². The Hall–Kier alpha value is -2.34. The molecule has 1 aromatic carbocycles. The summed E-state index contributed by atoms with van der Waals surface area (Å²) in [6.07, 6.45) is 13.0. The molecule has 0 bridgehead atoms. The first-order valence-electron chi connectivity index (χ1n) is 12.8. The maximum atomic E-state index is 13.1. The molecule has 1 aliphatic rings. The van der Waals surface area contributed by atoms with Gasteiger partial charge in [0.15, 0.2) is 9.84 Å². The van der Waals surface area contributed by atoms with E-state index in [0.717, 1.165) is 54.4 Å². The van der Waals surface area contributed by atoms with Gasteiger partial charge in [-0.05, 0) is 74.3 Å². The predicted molar refractivity (Wildman–Crippen MR) is 144 cm³/mol. The Morgan fingerprint density at radius 2 is 1.86 bits per heavy atom. The maximum Gasteiger partial charge on any atom is 0.330 e. The van der Waals surface area contributed by atoms with E-state index in [2.05, 4.69) is 20.8 Å². The topological polar surface area (TPSA) is 69.7 Å². The number of benzene rings is 1. The van der Waals surface area contributed by atoms with Crippen molar-refractivity contribution < 1.29 is 22.7 Å². The first-order chi connectivity index (χ1) is 16.5. The number of ether oxygens (including phenoxy) is 2. The number of hydrogen-bond donors (Lipinski definition) is 0. The van der Waals surface area contributed by atoms with Crippen molar-refractivity contribution in [1.29, 1.82) is 0 Å². The Balaban J connectivity index is 2.46. The van der Waals surface area contributed by atoms with Gasteiger partial charge in [-0.25, -0.2) is 13.2 Å². The van der Waals surface area contributed by atoms with Crippen molar-refractivity contribution in [2.45, 2.75) is 90.4 Å². The van der Waals surface area contributed by atoms with E-state index in [9.17, 15) is 13.2 Å². The van der Waals surface area contributed by atoms with Gasteiger partial charge in [-0.15, -0.1) is 0 Å². The van der Waals surface area contributed by atoms with E-state index in [1.165, 1.54) is 6.08 Å². The van der Waals surface area contributed by atoms with Crippen LogP contribution >= 0.6 is 0 Å². The van der Waals surface area contributed by atoms with E-state index in [0.29, 0.717) is 30.3 Å². The number of carbonyl (C=O) groups excluding carboxylic acids is 1. The van der Waals surface area contributed by atoms with Crippen molar-refractivity contribution in [2.24, 2.45) is 0 Å². The summed E-state index contributed by atoms with van der Waals surface area (Å²) in [5, 5.41) is 0. The van der Waals surface area contributed by atoms with Crippen LogP contribution in [0.3, 0.4) is 0 Å². The number of esters is 1. The van der Waals surface area contributed by atoms with Crippen LogP contribution in [0.25, 0.3) is 5.57 Å². The second-order valence-electron chi connectivity index (χ2n) is 9.91. The van der Waals surface area contributed by atoms with E-state index in [1.807, 2.05) is 38.1 Å². The summed E-state index contributed by atoms with van der Waals surface area (Å²) in [5.41, 5.74) is 3.27. The molecule has 0 saturated heterocycles. The van der Waals surface area contributed by atoms with Crippen LogP contribution in [0.5, 0.6) is 5.75 Å². The van der Waals surface area contributed by atoms with E-state index >= 15 is 0 Å². The Kier molecular flexibility index (Phi) is 10.8. The van der Waals surface area contributed by atoms with Crippen LogP contribution in [-0.2, 0) is 24.8 Å². The van der Waals surface area contributed by atoms with Gasteiger partial charge in [0.1, 0.15) is 5.75 Å². The van der Waals surface area contributed by atoms with Gasteiger partial charge in [0.05, 0.1) is 23.9 Å². The van der Waals surface area contributed by atoms with E-state index in [4.69, 9.17) is 9.47 Å². The molecule has 0 amide bonds. The van der Waals surface area contributed by atoms with E-state index in [1.54, 1.807) is 13.0 Å². The molecule has 1 aliphatic heterocycles. The second-order valence-corrected chi connectivity index (χ2v) is 12.0. The highest BCUT2D eigenvalue weighted by atomic mass is 32.2. The lowest BCUT2D eigenvalue weighted by molar-refractivity contribution is -0.137. The lowest BCUT2D eigenvalue weighted by Gasteiger charge is -2.26. The van der Waals surface area contributed by atoms with Crippen molar-refractivity contribution >= 4 is 21.4 Å². The zero-order valence-electron chi connectivity index (χ0n) is 22.3. The minimum atomic E-state index is -3.36. The predicted octanol–water partition coefficient (Wildman–Crippen LogP) is 6.96. The SMILES string of the molecule is CCCCCCOc1cc2c(cc1C(C)=CC=CC(C)=CC(=O)OCC)C(C)(C)CCCS2(=O)=O. The van der Waals surface area contributed by atoms with Crippen LogP contribution in [0.1, 0.15) is 91.2 Å². The minimum absolute atomic E-state index is 0.169. The summed E-state index contributed by atoms with van der Waals surface area (Å²) in [4.78, 5) is 12.1. The number of fused-ring (bicyclic) bond motifs is 1. The molecule has 6 heteroatoms. The van der Waals surface area contributed by atoms with Gasteiger partial charge in [0.2, 0.25) is 0 Å². The van der Waals surface area contributed by atoms with Crippen molar-refractivity contribution in [3.63, 3.8) is 0 Å². The largest absolute Gasteiger partial charge is 0.493 e. The average molecular weight is 503 g/mol. The number of carbonyl (C=O) groups is 1. The molecule has 2 rings (SSSR count). The Morgan fingerprint density at radius 1 is 1.11 bits per heavy atom. The van der Waals surface area contributed by atoms with E-state index < -0.39 is 9.84 Å². The summed E-state index contributed by atoms with van der Waals surface area (Å²) in [5.74, 6) is 0.424. The summed E-state index contributed by atoms with van der Waals surface area (Å²) in [7, 11) is -3.36. The summed E-state index contributed by atoms with van der Waals surface area (Å²) in [6, 6.07) is 3.76. The normalized spacial score (nSPS) is 17.7. The Bertz CT molecular complexity index is 1070. The monoisotopic (exact) mass is 502 g/mol. The third-order valence-electron chi connectivity index (χ3n) is 6.38. The Morgan fingerprint density at radius 3 is 2.54 bits per heavy atom. The average Bonchev–Trinajstić information content (AvgIpc) is 2.86. The minimum Gasteiger partial charge on any atom is -0.493 e. The lowest BCUT2D eigenvalue weighted by atomic mass is 9.79. The van der Waals surface area contributed by atoms with Gasteiger partial charge in [0.25, 0.3) is 0 Å². The fraction of sp³-hybridized carbons (Fsp3) is 0.552. The third-order valence-corrected chi connectivity index (χ3v) is 8.21. The van der Waals surface area contributed by atoms with Crippen LogP contribution in [0.2, 0.25) is 0 Å². The molecule has 0 spiro atoms. The van der Waals surface area contributed by atoms with Crippen LogP contribution in [0, 0.1) is 0 Å². The molecule has 1 aromatic rings. The molecule has 0 radical (unpaired) electrons. The van der Waals surface area contributed by atoms with Gasteiger partial charge in [-0.2, -0.15) is 0 Å². The molecule has 0 aromatic heterocycles. The molecule has 0 saturated carbocycles. The van der Waals surface area contributed by atoms with E-state index in [-0.39, 0.29) is 17.1 Å². The number of allylic oxidation sites excluding steroid dienone is 5. The molecule has 0 unspecified atom stereocenters. The standard InChI is InChI=1S/C29H42O5S/c1-7-9-10-11-17-34-26-21-27-25(29(5,6)16-13-18-35(27,31)32)20-24(26)23(4)15-12-14-22(3)19-28(30)33-8-2/h12,14-15,19-21H,7-11,13,16-18H2,1-6H3. The molecule has 5 nitrogen and oxygen atoms in total. The van der Waals surface area contributed by atoms with Crippen molar-refractivity contribution in [3.05, 3.63) is 53.1 Å². The molecular weight excluding hydrogens is 460 g/mol. The fourth-order valence-corrected chi connectivity index (χ4v) is 5.99. The molecular formula is C29H42O5S. The van der Waals surface area contributed by atoms with Crippen LogP contribution in [0.15, 0.2) is 46.9 Å². The number of unbranched alkanes of at least 4 members (excludes halogenated alkanes) is 3. The summed E-state index contributed by atoms with van der Waals surface area (Å²) in [6.45, 7) is 12.9. The number of sulfone groups is 1. The second kappa shape index (κ2) is 13.1. The Labute approximate surface area is 212 Å². The van der Waals surface area contributed by atoms with Gasteiger partial charge in [-0.3, -0.25) is 0 Å². The number of hydrogen-bond acceptors (Lipinski definition) is 5. The van der Waals surface area contributed by atoms with Crippen molar-refractivity contribution in [3.8, 4) is 5.75 Å². The molecule has 194 valence electrons. The van der Waals surface area contributed by atoms with Gasteiger partial charge < -0.3 is 9.47 Å². The van der Waals surface area contributed by atoms with Crippen LogP contribution in [0.4, 0.5) is 0 Å². The fourth-order valence-electron chi connectivity index (χ4n) is 4.29. The van der Waals surface area contributed by atoms with Crippen molar-refractivity contribution in [1.82, 2.24) is 0 Å². The molecule has 1 heterocycles. The molecule has 0 fully saturated rings. The summed E-state index contributed by atoms with van der Waals surface area (Å²) < 4.78 is 37.3. The maximum absolute atomic E-state index is 13.1. The smallest absolute Gasteiger partial charge is 0.330 e. The zero-order chi connectivity index (χ0) is 26.1.